The first-order valence-corrected chi connectivity index (χ1v) is 6.25. The number of carbonyl (C=O) groups excluding carboxylic acids is 1. The Balaban J connectivity index is 3.27. The minimum absolute atomic E-state index is 0.123. The third-order valence-electron chi connectivity index (χ3n) is 2.44. The number of carbonyl (C=O) groups is 1. The third-order valence-corrected chi connectivity index (χ3v) is 2.78. The molecule has 0 aliphatic rings. The molecule has 0 aliphatic heterocycles. The van der Waals surface area contributed by atoms with Gasteiger partial charge in [-0.25, -0.2) is 0 Å². The molecule has 0 aromatic heterocycles. The quantitative estimate of drug-likeness (QED) is 0.778. The van der Waals surface area contributed by atoms with Gasteiger partial charge in [0.15, 0.2) is 0 Å². The molecular formula is C13H15Cl2NO2. The standard InChI is InChI=1S/C13H15Cl2NO2/c1-9-5-4-6-11(18-3)13(9)16(8-10(2)15)12(17)7-14/h4-6H,2,7-8H2,1,3H3. The van der Waals surface area contributed by atoms with Gasteiger partial charge in [0.1, 0.15) is 11.6 Å². The van der Waals surface area contributed by atoms with E-state index in [2.05, 4.69) is 6.58 Å². The summed E-state index contributed by atoms with van der Waals surface area (Å²) in [7, 11) is 1.55. The molecule has 1 amide bonds. The average Bonchev–Trinajstić information content (AvgIpc) is 2.34. The number of hydrogen-bond donors (Lipinski definition) is 0. The zero-order valence-electron chi connectivity index (χ0n) is 10.4. The maximum atomic E-state index is 11.9. The molecule has 3 nitrogen and oxygen atoms in total. The lowest BCUT2D eigenvalue weighted by Gasteiger charge is -2.25. The van der Waals surface area contributed by atoms with E-state index in [9.17, 15) is 4.79 Å². The third kappa shape index (κ3) is 3.40. The van der Waals surface area contributed by atoms with Crippen LogP contribution in [0.5, 0.6) is 5.75 Å². The van der Waals surface area contributed by atoms with Crippen LogP contribution in [-0.4, -0.2) is 25.4 Å². The van der Waals surface area contributed by atoms with Crippen molar-refractivity contribution in [2.24, 2.45) is 0 Å². The molecule has 0 N–H and O–H groups in total. The molecule has 0 fully saturated rings. The normalized spacial score (nSPS) is 10.0. The Morgan fingerprint density at radius 3 is 2.67 bits per heavy atom. The van der Waals surface area contributed by atoms with E-state index in [1.807, 2.05) is 19.1 Å². The van der Waals surface area contributed by atoms with Crippen LogP contribution in [0.15, 0.2) is 29.8 Å². The van der Waals surface area contributed by atoms with E-state index in [0.717, 1.165) is 5.56 Å². The van der Waals surface area contributed by atoms with Gasteiger partial charge in [0.2, 0.25) is 5.91 Å². The SMILES string of the molecule is C=C(Cl)CN(C(=O)CCl)c1c(C)cccc1OC. The number of methoxy groups -OCH3 is 1. The van der Waals surface area contributed by atoms with Gasteiger partial charge in [0.25, 0.3) is 0 Å². The van der Waals surface area contributed by atoms with Crippen molar-refractivity contribution in [1.29, 1.82) is 0 Å². The lowest BCUT2D eigenvalue weighted by atomic mass is 10.1. The van der Waals surface area contributed by atoms with Crippen LogP contribution in [0.3, 0.4) is 0 Å². The molecule has 0 spiro atoms. The fraction of sp³-hybridized carbons (Fsp3) is 0.308. The molecule has 0 saturated heterocycles. The van der Waals surface area contributed by atoms with Gasteiger partial charge in [0, 0.05) is 5.03 Å². The number of alkyl halides is 1. The van der Waals surface area contributed by atoms with Crippen LogP contribution < -0.4 is 9.64 Å². The van der Waals surface area contributed by atoms with Crippen molar-refractivity contribution in [3.63, 3.8) is 0 Å². The summed E-state index contributed by atoms with van der Waals surface area (Å²) in [5.41, 5.74) is 1.58. The van der Waals surface area contributed by atoms with Gasteiger partial charge in [-0.3, -0.25) is 4.79 Å². The molecule has 1 aromatic carbocycles. The fourth-order valence-electron chi connectivity index (χ4n) is 1.68. The molecule has 0 heterocycles. The van der Waals surface area contributed by atoms with E-state index in [0.29, 0.717) is 16.5 Å². The van der Waals surface area contributed by atoms with E-state index in [-0.39, 0.29) is 18.3 Å². The Morgan fingerprint density at radius 1 is 1.50 bits per heavy atom. The number of benzene rings is 1. The Labute approximate surface area is 117 Å². The van der Waals surface area contributed by atoms with Crippen LogP contribution in [0.2, 0.25) is 0 Å². The topological polar surface area (TPSA) is 29.5 Å². The van der Waals surface area contributed by atoms with Crippen LogP contribution in [0.4, 0.5) is 5.69 Å². The Morgan fingerprint density at radius 2 is 2.17 bits per heavy atom. The Bertz CT molecular complexity index is 460. The summed E-state index contributed by atoms with van der Waals surface area (Å²) >= 11 is 11.4. The van der Waals surface area contributed by atoms with E-state index < -0.39 is 0 Å². The number of hydrogen-bond acceptors (Lipinski definition) is 2. The summed E-state index contributed by atoms with van der Waals surface area (Å²) < 4.78 is 5.27. The van der Waals surface area contributed by atoms with Crippen LogP contribution in [0.25, 0.3) is 0 Å². The molecule has 98 valence electrons. The molecule has 1 rings (SSSR count). The van der Waals surface area contributed by atoms with Crippen LogP contribution in [-0.2, 0) is 4.79 Å². The van der Waals surface area contributed by atoms with E-state index in [1.165, 1.54) is 4.90 Å². The summed E-state index contributed by atoms with van der Waals surface area (Å²) in [5, 5.41) is 0.360. The van der Waals surface area contributed by atoms with Crippen molar-refractivity contribution in [2.45, 2.75) is 6.92 Å². The second kappa shape index (κ2) is 6.66. The lowest BCUT2D eigenvalue weighted by molar-refractivity contribution is -0.116. The highest BCUT2D eigenvalue weighted by Gasteiger charge is 2.20. The van der Waals surface area contributed by atoms with Crippen LogP contribution in [0.1, 0.15) is 5.56 Å². The smallest absolute Gasteiger partial charge is 0.242 e. The number of nitrogens with zero attached hydrogens (tertiary/aromatic N) is 1. The monoisotopic (exact) mass is 287 g/mol. The van der Waals surface area contributed by atoms with Gasteiger partial charge in [-0.1, -0.05) is 30.3 Å². The second-order valence-electron chi connectivity index (χ2n) is 3.76. The first-order chi connectivity index (χ1) is 8.51. The number of halogens is 2. The van der Waals surface area contributed by atoms with Gasteiger partial charge in [-0.2, -0.15) is 0 Å². The van der Waals surface area contributed by atoms with Crippen molar-refractivity contribution < 1.29 is 9.53 Å². The second-order valence-corrected chi connectivity index (χ2v) is 4.56. The first-order valence-electron chi connectivity index (χ1n) is 5.34. The largest absolute Gasteiger partial charge is 0.495 e. The van der Waals surface area contributed by atoms with Crippen molar-refractivity contribution in [1.82, 2.24) is 0 Å². The zero-order valence-corrected chi connectivity index (χ0v) is 11.9. The van der Waals surface area contributed by atoms with Gasteiger partial charge in [-0.05, 0) is 18.6 Å². The molecule has 0 saturated carbocycles. The molecule has 0 unspecified atom stereocenters. The fourth-order valence-corrected chi connectivity index (χ4v) is 1.94. The summed E-state index contributed by atoms with van der Waals surface area (Å²) in [5.74, 6) is 0.235. The van der Waals surface area contributed by atoms with Crippen molar-refractivity contribution in [3.8, 4) is 5.75 Å². The number of aryl methyl sites for hydroxylation is 1. The number of amides is 1. The van der Waals surface area contributed by atoms with Crippen LogP contribution >= 0.6 is 23.2 Å². The molecule has 0 radical (unpaired) electrons. The minimum Gasteiger partial charge on any atom is -0.495 e. The van der Waals surface area contributed by atoms with Crippen molar-refractivity contribution in [3.05, 3.63) is 35.4 Å². The molecule has 1 aromatic rings. The van der Waals surface area contributed by atoms with Gasteiger partial charge in [0.05, 0.1) is 19.3 Å². The molecular weight excluding hydrogens is 273 g/mol. The predicted octanol–water partition coefficient (Wildman–Crippen LogP) is 3.33. The number of para-hydroxylation sites is 1. The number of ether oxygens (including phenoxy) is 1. The highest BCUT2D eigenvalue weighted by Crippen LogP contribution is 2.32. The molecule has 5 heteroatoms. The average molecular weight is 288 g/mol. The molecule has 0 aliphatic carbocycles. The molecule has 0 bridgehead atoms. The summed E-state index contributed by atoms with van der Waals surface area (Å²) in [6, 6.07) is 5.54. The Hall–Kier alpha value is -1.19. The summed E-state index contributed by atoms with van der Waals surface area (Å²) in [4.78, 5) is 13.4. The highest BCUT2D eigenvalue weighted by atomic mass is 35.5. The van der Waals surface area contributed by atoms with E-state index in [4.69, 9.17) is 27.9 Å². The molecule has 0 atom stereocenters. The van der Waals surface area contributed by atoms with Gasteiger partial charge >= 0.3 is 0 Å². The highest BCUT2D eigenvalue weighted by molar-refractivity contribution is 6.31. The van der Waals surface area contributed by atoms with Gasteiger partial charge in [-0.15, -0.1) is 11.6 Å². The lowest BCUT2D eigenvalue weighted by Crippen LogP contribution is -2.33. The maximum absolute atomic E-state index is 11.9. The zero-order chi connectivity index (χ0) is 13.7. The summed E-state index contributed by atoms with van der Waals surface area (Å²) in [6.07, 6.45) is 0. The number of rotatable bonds is 5. The van der Waals surface area contributed by atoms with E-state index >= 15 is 0 Å². The van der Waals surface area contributed by atoms with Crippen molar-refractivity contribution in [2.75, 3.05) is 24.4 Å². The number of anilines is 1. The van der Waals surface area contributed by atoms with Gasteiger partial charge < -0.3 is 9.64 Å². The Kier molecular flexibility index (Phi) is 5.51. The van der Waals surface area contributed by atoms with E-state index in [1.54, 1.807) is 13.2 Å². The van der Waals surface area contributed by atoms with Crippen molar-refractivity contribution >= 4 is 34.8 Å². The predicted molar refractivity (Wildman–Crippen MR) is 75.8 cm³/mol. The summed E-state index contributed by atoms with van der Waals surface area (Å²) in [6.45, 7) is 5.70. The molecule has 18 heavy (non-hydrogen) atoms. The van der Waals surface area contributed by atoms with Crippen LogP contribution in [0, 0.1) is 6.92 Å². The first kappa shape index (κ1) is 14.9. The maximum Gasteiger partial charge on any atom is 0.242 e. The minimum atomic E-state index is -0.244.